The number of nitrogens with one attached hydrogen (secondary N) is 2. The second-order valence-corrected chi connectivity index (χ2v) is 4.72. The van der Waals surface area contributed by atoms with Crippen LogP contribution in [0.3, 0.4) is 0 Å². The third-order valence-corrected chi connectivity index (χ3v) is 3.02. The maximum absolute atomic E-state index is 12.0. The molecule has 21 heavy (non-hydrogen) atoms. The van der Waals surface area contributed by atoms with Crippen molar-refractivity contribution in [3.63, 3.8) is 0 Å². The molecule has 2 rings (SSSR count). The second-order valence-electron chi connectivity index (χ2n) is 4.72. The van der Waals surface area contributed by atoms with E-state index in [1.165, 1.54) is 0 Å². The maximum atomic E-state index is 12.0. The van der Waals surface area contributed by atoms with Crippen LogP contribution >= 0.6 is 0 Å². The van der Waals surface area contributed by atoms with Crippen LogP contribution in [0.2, 0.25) is 0 Å². The van der Waals surface area contributed by atoms with Crippen LogP contribution in [0, 0.1) is 0 Å². The molecule has 0 bridgehead atoms. The average molecular weight is 284 g/mol. The van der Waals surface area contributed by atoms with E-state index in [4.69, 9.17) is 0 Å². The van der Waals surface area contributed by atoms with Gasteiger partial charge in [0.15, 0.2) is 0 Å². The van der Waals surface area contributed by atoms with Gasteiger partial charge in [0.1, 0.15) is 5.82 Å². The van der Waals surface area contributed by atoms with E-state index in [1.54, 1.807) is 18.5 Å². The minimum atomic E-state index is -0.145. The van der Waals surface area contributed by atoms with Crippen molar-refractivity contribution in [2.24, 2.45) is 0 Å². The molecular formula is C16H20N4O. The average Bonchev–Trinajstić information content (AvgIpc) is 2.54. The second kappa shape index (κ2) is 7.99. The van der Waals surface area contributed by atoms with Gasteiger partial charge in [-0.25, -0.2) is 4.98 Å². The van der Waals surface area contributed by atoms with Gasteiger partial charge in [-0.15, -0.1) is 0 Å². The number of pyridine rings is 2. The van der Waals surface area contributed by atoms with Gasteiger partial charge in [0.2, 0.25) is 0 Å². The fourth-order valence-corrected chi connectivity index (χ4v) is 1.80. The SMILES string of the molecule is CCCCNc1ccc(C(=O)NCc2ccccn2)cn1. The number of rotatable bonds is 7. The summed E-state index contributed by atoms with van der Waals surface area (Å²) in [6.07, 6.45) is 5.54. The quantitative estimate of drug-likeness (QED) is 0.767. The number of amides is 1. The standard InChI is InChI=1S/C16H20N4O/c1-2-3-9-18-15-8-7-13(11-19-15)16(21)20-12-14-6-4-5-10-17-14/h4-8,10-11H,2-3,9,12H2,1H3,(H,18,19)(H,20,21). The topological polar surface area (TPSA) is 66.9 Å². The highest BCUT2D eigenvalue weighted by Gasteiger charge is 2.06. The van der Waals surface area contributed by atoms with Crippen molar-refractivity contribution in [3.05, 3.63) is 54.0 Å². The lowest BCUT2D eigenvalue weighted by Gasteiger charge is -2.07. The van der Waals surface area contributed by atoms with Gasteiger partial charge >= 0.3 is 0 Å². The first-order valence-electron chi connectivity index (χ1n) is 7.17. The van der Waals surface area contributed by atoms with E-state index in [1.807, 2.05) is 24.3 Å². The van der Waals surface area contributed by atoms with E-state index in [0.29, 0.717) is 12.1 Å². The molecule has 0 fully saturated rings. The molecule has 0 aliphatic heterocycles. The summed E-state index contributed by atoms with van der Waals surface area (Å²) >= 11 is 0. The molecule has 5 heteroatoms. The third kappa shape index (κ3) is 4.87. The van der Waals surface area contributed by atoms with E-state index >= 15 is 0 Å². The van der Waals surface area contributed by atoms with E-state index in [-0.39, 0.29) is 5.91 Å². The summed E-state index contributed by atoms with van der Waals surface area (Å²) in [5.74, 6) is 0.651. The lowest BCUT2D eigenvalue weighted by molar-refractivity contribution is 0.0950. The zero-order valence-electron chi connectivity index (χ0n) is 12.2. The number of carbonyl (C=O) groups is 1. The van der Waals surface area contributed by atoms with Crippen LogP contribution in [0.4, 0.5) is 5.82 Å². The Kier molecular flexibility index (Phi) is 5.70. The van der Waals surface area contributed by atoms with Crippen LogP contribution in [-0.2, 0) is 6.54 Å². The van der Waals surface area contributed by atoms with E-state index in [9.17, 15) is 4.79 Å². The zero-order valence-corrected chi connectivity index (χ0v) is 12.2. The molecule has 1 amide bonds. The molecule has 0 radical (unpaired) electrons. The number of hydrogen-bond donors (Lipinski definition) is 2. The molecule has 0 aromatic carbocycles. The molecule has 0 saturated heterocycles. The third-order valence-electron chi connectivity index (χ3n) is 3.02. The number of aromatic nitrogens is 2. The predicted octanol–water partition coefficient (Wildman–Crippen LogP) is 2.62. The first-order chi connectivity index (χ1) is 10.3. The fraction of sp³-hybridized carbons (Fsp3) is 0.312. The molecule has 0 spiro atoms. The van der Waals surface area contributed by atoms with E-state index < -0.39 is 0 Å². The van der Waals surface area contributed by atoms with Crippen molar-refractivity contribution in [1.29, 1.82) is 0 Å². The lowest BCUT2D eigenvalue weighted by atomic mass is 10.2. The summed E-state index contributed by atoms with van der Waals surface area (Å²) in [5, 5.41) is 6.04. The van der Waals surface area contributed by atoms with Crippen molar-refractivity contribution in [1.82, 2.24) is 15.3 Å². The minimum absolute atomic E-state index is 0.145. The summed E-state index contributed by atoms with van der Waals surface area (Å²) in [6, 6.07) is 9.21. The molecule has 2 aromatic rings. The molecule has 0 aliphatic rings. The van der Waals surface area contributed by atoms with Gasteiger partial charge in [0.25, 0.3) is 5.91 Å². The normalized spacial score (nSPS) is 10.1. The Morgan fingerprint density at radius 1 is 1.19 bits per heavy atom. The van der Waals surface area contributed by atoms with E-state index in [0.717, 1.165) is 30.9 Å². The molecule has 0 unspecified atom stereocenters. The van der Waals surface area contributed by atoms with Crippen LogP contribution in [0.1, 0.15) is 35.8 Å². The summed E-state index contributed by atoms with van der Waals surface area (Å²) < 4.78 is 0. The molecule has 2 N–H and O–H groups in total. The van der Waals surface area contributed by atoms with Gasteiger partial charge in [-0.3, -0.25) is 9.78 Å². The van der Waals surface area contributed by atoms with Gasteiger partial charge in [-0.05, 0) is 30.7 Å². The van der Waals surface area contributed by atoms with Gasteiger partial charge in [0, 0.05) is 18.9 Å². The van der Waals surface area contributed by atoms with Crippen molar-refractivity contribution < 1.29 is 4.79 Å². The molecule has 0 aliphatic carbocycles. The van der Waals surface area contributed by atoms with Crippen LogP contribution in [0.25, 0.3) is 0 Å². The Morgan fingerprint density at radius 3 is 2.76 bits per heavy atom. The first kappa shape index (κ1) is 15.0. The number of anilines is 1. The van der Waals surface area contributed by atoms with Crippen LogP contribution < -0.4 is 10.6 Å². The van der Waals surface area contributed by atoms with Crippen LogP contribution in [0.15, 0.2) is 42.7 Å². The number of nitrogens with zero attached hydrogens (tertiary/aromatic N) is 2. The molecule has 0 saturated carbocycles. The van der Waals surface area contributed by atoms with Gasteiger partial charge in [-0.1, -0.05) is 19.4 Å². The van der Waals surface area contributed by atoms with Crippen molar-refractivity contribution in [2.45, 2.75) is 26.3 Å². The van der Waals surface area contributed by atoms with E-state index in [2.05, 4.69) is 27.5 Å². The Bertz CT molecular complexity index is 554. The highest BCUT2D eigenvalue weighted by atomic mass is 16.1. The molecule has 0 atom stereocenters. The van der Waals surface area contributed by atoms with Gasteiger partial charge < -0.3 is 10.6 Å². The highest BCUT2D eigenvalue weighted by molar-refractivity contribution is 5.93. The largest absolute Gasteiger partial charge is 0.370 e. The fourth-order valence-electron chi connectivity index (χ4n) is 1.80. The minimum Gasteiger partial charge on any atom is -0.370 e. The smallest absolute Gasteiger partial charge is 0.253 e. The Balaban J connectivity index is 1.85. The van der Waals surface area contributed by atoms with Gasteiger partial charge in [0.05, 0.1) is 17.8 Å². The Labute approximate surface area is 124 Å². The number of hydrogen-bond acceptors (Lipinski definition) is 4. The molecule has 110 valence electrons. The first-order valence-corrected chi connectivity index (χ1v) is 7.17. The predicted molar refractivity (Wildman–Crippen MR) is 83.0 cm³/mol. The molecular weight excluding hydrogens is 264 g/mol. The van der Waals surface area contributed by atoms with Crippen molar-refractivity contribution in [2.75, 3.05) is 11.9 Å². The van der Waals surface area contributed by atoms with Crippen molar-refractivity contribution in [3.8, 4) is 0 Å². The maximum Gasteiger partial charge on any atom is 0.253 e. The number of unbranched alkanes of at least 4 members (excludes halogenated alkanes) is 1. The highest BCUT2D eigenvalue weighted by Crippen LogP contribution is 2.06. The van der Waals surface area contributed by atoms with Crippen LogP contribution in [0.5, 0.6) is 0 Å². The number of carbonyl (C=O) groups excluding carboxylic acids is 1. The van der Waals surface area contributed by atoms with Crippen LogP contribution in [-0.4, -0.2) is 22.4 Å². The summed E-state index contributed by atoms with van der Waals surface area (Å²) in [6.45, 7) is 3.45. The lowest BCUT2D eigenvalue weighted by Crippen LogP contribution is -2.23. The monoisotopic (exact) mass is 284 g/mol. The molecule has 2 aromatic heterocycles. The molecule has 2 heterocycles. The summed E-state index contributed by atoms with van der Waals surface area (Å²) in [7, 11) is 0. The zero-order chi connectivity index (χ0) is 14.9. The summed E-state index contributed by atoms with van der Waals surface area (Å²) in [5.41, 5.74) is 1.38. The van der Waals surface area contributed by atoms with Gasteiger partial charge in [-0.2, -0.15) is 0 Å². The Hall–Kier alpha value is -2.43. The van der Waals surface area contributed by atoms with Crippen molar-refractivity contribution >= 4 is 11.7 Å². The summed E-state index contributed by atoms with van der Waals surface area (Å²) in [4.78, 5) is 20.4. The Morgan fingerprint density at radius 2 is 2.10 bits per heavy atom. The molecule has 5 nitrogen and oxygen atoms in total.